The summed E-state index contributed by atoms with van der Waals surface area (Å²) in [6, 6.07) is 3.42. The van der Waals surface area contributed by atoms with E-state index in [9.17, 15) is 4.79 Å². The molecule has 2 aliphatic rings. The Kier molecular flexibility index (Phi) is 5.40. The average molecular weight is 417 g/mol. The molecule has 8 nitrogen and oxygen atoms in total. The first-order chi connectivity index (χ1) is 14.1. The molecule has 4 rings (SSSR count). The topological polar surface area (TPSA) is 87.5 Å². The van der Waals surface area contributed by atoms with E-state index >= 15 is 0 Å². The lowest BCUT2D eigenvalue weighted by atomic mass is 9.80. The number of Topliss-reactive ketones (excluding diaryl/α,β-unsaturated/α-hetero) is 1. The average Bonchev–Trinajstić information content (AvgIpc) is 3.13. The number of benzene rings is 1. The van der Waals surface area contributed by atoms with Crippen LogP contribution in [0.3, 0.4) is 0 Å². The van der Waals surface area contributed by atoms with Crippen LogP contribution in [0, 0.1) is 5.92 Å². The highest BCUT2D eigenvalue weighted by atomic mass is 32.2. The van der Waals surface area contributed by atoms with Gasteiger partial charge in [0.25, 0.3) is 0 Å². The number of hydrogen-bond acceptors (Lipinski definition) is 8. The number of aromatic nitrogens is 3. The van der Waals surface area contributed by atoms with Gasteiger partial charge in [-0.25, -0.2) is 4.68 Å². The standard InChI is InChI=1S/C20H24N4O4S/c1-5-29-20-22-19-21-12-7-6-8-13(25)16(12)17(24(19)23-20)11-9-14(26-2)18(28-4)15(10-11)27-3/h7,9-10,16-17H,5-6,8H2,1-4H3,(H,21,22,23)/t16-,17-/m0/s1. The van der Waals surface area contributed by atoms with Crippen LogP contribution in [0.25, 0.3) is 0 Å². The van der Waals surface area contributed by atoms with Gasteiger partial charge in [0.1, 0.15) is 5.78 Å². The minimum atomic E-state index is -0.361. The molecule has 2 heterocycles. The normalized spacial score (nSPS) is 20.3. The summed E-state index contributed by atoms with van der Waals surface area (Å²) in [6.07, 6.45) is 3.32. The predicted molar refractivity (Wildman–Crippen MR) is 110 cm³/mol. The third-order valence-corrected chi connectivity index (χ3v) is 5.91. The fourth-order valence-corrected chi connectivity index (χ4v) is 4.50. The van der Waals surface area contributed by atoms with Crippen molar-refractivity contribution in [3.63, 3.8) is 0 Å². The number of methoxy groups -OCH3 is 3. The molecule has 1 aromatic heterocycles. The summed E-state index contributed by atoms with van der Waals surface area (Å²) in [4.78, 5) is 17.6. The molecule has 1 aliphatic carbocycles. The molecular formula is C20H24N4O4S. The number of rotatable bonds is 6. The quantitative estimate of drug-likeness (QED) is 0.718. The van der Waals surface area contributed by atoms with Crippen LogP contribution in [0.15, 0.2) is 29.1 Å². The first kappa shape index (κ1) is 19.6. The zero-order valence-electron chi connectivity index (χ0n) is 16.9. The van der Waals surface area contributed by atoms with Gasteiger partial charge in [-0.2, -0.15) is 4.98 Å². The molecule has 154 valence electrons. The second kappa shape index (κ2) is 7.98. The Morgan fingerprint density at radius 2 is 1.93 bits per heavy atom. The second-order valence-electron chi connectivity index (χ2n) is 6.77. The minimum Gasteiger partial charge on any atom is -0.493 e. The number of ketones is 1. The molecule has 0 saturated carbocycles. The molecule has 9 heteroatoms. The second-order valence-corrected chi connectivity index (χ2v) is 8.00. The van der Waals surface area contributed by atoms with Crippen LogP contribution in [0.1, 0.15) is 31.4 Å². The lowest BCUT2D eigenvalue weighted by molar-refractivity contribution is -0.123. The molecule has 0 bridgehead atoms. The van der Waals surface area contributed by atoms with Crippen LogP contribution in [0.2, 0.25) is 0 Å². The van der Waals surface area contributed by atoms with Crippen LogP contribution < -0.4 is 19.5 Å². The van der Waals surface area contributed by atoms with Crippen molar-refractivity contribution in [2.75, 3.05) is 32.4 Å². The van der Waals surface area contributed by atoms with Crippen molar-refractivity contribution in [2.24, 2.45) is 5.92 Å². The Labute approximate surface area is 173 Å². The number of ether oxygens (including phenoxy) is 3. The van der Waals surface area contributed by atoms with Gasteiger partial charge in [-0.05, 0) is 29.9 Å². The van der Waals surface area contributed by atoms with E-state index in [-0.39, 0.29) is 17.7 Å². The van der Waals surface area contributed by atoms with Crippen LogP contribution in [-0.2, 0) is 4.79 Å². The molecule has 2 atom stereocenters. The molecule has 1 aromatic carbocycles. The van der Waals surface area contributed by atoms with Crippen molar-refractivity contribution in [3.8, 4) is 17.2 Å². The van der Waals surface area contributed by atoms with E-state index in [0.717, 1.165) is 23.4 Å². The largest absolute Gasteiger partial charge is 0.493 e. The molecule has 0 saturated heterocycles. The molecule has 0 amide bonds. The summed E-state index contributed by atoms with van der Waals surface area (Å²) in [6.45, 7) is 2.06. The van der Waals surface area contributed by atoms with E-state index in [4.69, 9.17) is 19.3 Å². The predicted octanol–water partition coefficient (Wildman–Crippen LogP) is 3.29. The fraction of sp³-hybridized carbons (Fsp3) is 0.450. The molecule has 29 heavy (non-hydrogen) atoms. The summed E-state index contributed by atoms with van der Waals surface area (Å²) >= 11 is 1.56. The van der Waals surface area contributed by atoms with Gasteiger partial charge in [-0.15, -0.1) is 5.10 Å². The number of nitrogens with one attached hydrogen (secondary N) is 1. The van der Waals surface area contributed by atoms with Gasteiger partial charge >= 0.3 is 0 Å². The number of allylic oxidation sites excluding steroid dienone is 2. The zero-order chi connectivity index (χ0) is 20.5. The maximum Gasteiger partial charge on any atom is 0.227 e. The third-order valence-electron chi connectivity index (χ3n) is 5.19. The molecule has 0 radical (unpaired) electrons. The Morgan fingerprint density at radius 1 is 1.21 bits per heavy atom. The number of hydrogen-bond donors (Lipinski definition) is 1. The molecule has 1 aliphatic heterocycles. The summed E-state index contributed by atoms with van der Waals surface area (Å²) in [5, 5.41) is 8.69. The zero-order valence-corrected chi connectivity index (χ0v) is 17.7. The molecular weight excluding hydrogens is 392 g/mol. The van der Waals surface area contributed by atoms with Crippen LogP contribution in [0.5, 0.6) is 17.2 Å². The third kappa shape index (κ3) is 3.33. The van der Waals surface area contributed by atoms with Gasteiger partial charge in [-0.1, -0.05) is 24.8 Å². The van der Waals surface area contributed by atoms with Gasteiger partial charge < -0.3 is 19.5 Å². The van der Waals surface area contributed by atoms with Crippen molar-refractivity contribution < 1.29 is 19.0 Å². The van der Waals surface area contributed by atoms with Crippen LogP contribution in [0.4, 0.5) is 5.95 Å². The number of anilines is 1. The van der Waals surface area contributed by atoms with Crippen LogP contribution >= 0.6 is 11.8 Å². The number of carbonyl (C=O) groups excluding carboxylic acids is 1. The lowest BCUT2D eigenvalue weighted by Crippen LogP contribution is -2.38. The maximum absolute atomic E-state index is 13.0. The number of fused-ring (bicyclic) bond motifs is 2. The molecule has 2 aromatic rings. The first-order valence-electron chi connectivity index (χ1n) is 9.50. The number of thioether (sulfide) groups is 1. The fourth-order valence-electron chi connectivity index (χ4n) is 3.95. The monoisotopic (exact) mass is 416 g/mol. The first-order valence-corrected chi connectivity index (χ1v) is 10.5. The van der Waals surface area contributed by atoms with Crippen LogP contribution in [-0.4, -0.2) is 47.6 Å². The lowest BCUT2D eigenvalue weighted by Gasteiger charge is -2.36. The number of carbonyl (C=O) groups is 1. The summed E-state index contributed by atoms with van der Waals surface area (Å²) in [7, 11) is 4.73. The Bertz CT molecular complexity index is 946. The van der Waals surface area contributed by atoms with E-state index in [1.165, 1.54) is 0 Å². The Balaban J connectivity index is 1.91. The van der Waals surface area contributed by atoms with Gasteiger partial charge in [0.15, 0.2) is 11.5 Å². The highest BCUT2D eigenvalue weighted by molar-refractivity contribution is 7.99. The smallest absolute Gasteiger partial charge is 0.227 e. The highest BCUT2D eigenvalue weighted by Gasteiger charge is 2.42. The Hall–Kier alpha value is -2.68. The van der Waals surface area contributed by atoms with Gasteiger partial charge in [0.05, 0.1) is 33.3 Å². The van der Waals surface area contributed by atoms with Crippen molar-refractivity contribution in [1.82, 2.24) is 14.8 Å². The van der Waals surface area contributed by atoms with E-state index in [1.54, 1.807) is 33.1 Å². The van der Waals surface area contributed by atoms with Crippen molar-refractivity contribution in [3.05, 3.63) is 29.5 Å². The van der Waals surface area contributed by atoms with Gasteiger partial charge in [-0.3, -0.25) is 4.79 Å². The van der Waals surface area contributed by atoms with Crippen molar-refractivity contribution in [1.29, 1.82) is 0 Å². The summed E-state index contributed by atoms with van der Waals surface area (Å²) in [5.74, 6) is 2.91. The molecule has 0 spiro atoms. The molecule has 0 fully saturated rings. The van der Waals surface area contributed by atoms with Crippen molar-refractivity contribution in [2.45, 2.75) is 31.0 Å². The summed E-state index contributed by atoms with van der Waals surface area (Å²) in [5.41, 5.74) is 1.74. The van der Waals surface area contributed by atoms with E-state index in [1.807, 2.05) is 16.8 Å². The molecule has 1 N–H and O–H groups in total. The molecule has 0 unspecified atom stereocenters. The van der Waals surface area contributed by atoms with E-state index in [0.29, 0.717) is 34.8 Å². The highest BCUT2D eigenvalue weighted by Crippen LogP contribution is 2.46. The maximum atomic E-state index is 13.0. The Morgan fingerprint density at radius 3 is 2.55 bits per heavy atom. The van der Waals surface area contributed by atoms with Crippen molar-refractivity contribution >= 4 is 23.5 Å². The van der Waals surface area contributed by atoms with Gasteiger partial charge in [0.2, 0.25) is 16.9 Å². The van der Waals surface area contributed by atoms with Gasteiger partial charge in [0, 0.05) is 12.1 Å². The van der Waals surface area contributed by atoms with E-state index in [2.05, 4.69) is 23.3 Å². The SMILES string of the molecule is CCSc1nc2n(n1)[C@@H](c1cc(OC)c(OC)c(OC)c1)[C@@H]1C(=O)CCC=C1N2. The minimum absolute atomic E-state index is 0.180. The summed E-state index contributed by atoms with van der Waals surface area (Å²) < 4.78 is 18.3. The number of nitrogens with zero attached hydrogens (tertiary/aromatic N) is 3. The van der Waals surface area contributed by atoms with E-state index < -0.39 is 0 Å².